The van der Waals surface area contributed by atoms with Crippen LogP contribution in [0.4, 0.5) is 5.69 Å². The summed E-state index contributed by atoms with van der Waals surface area (Å²) in [5.41, 5.74) is 2.88. The van der Waals surface area contributed by atoms with Crippen LogP contribution in [-0.2, 0) is 20.9 Å². The highest BCUT2D eigenvalue weighted by atomic mass is 16.5. The topological polar surface area (TPSA) is 115 Å². The molecule has 1 aliphatic rings. The normalized spacial score (nSPS) is 14.2. The zero-order chi connectivity index (χ0) is 24.8. The molecule has 0 unspecified atom stereocenters. The number of carbonyl (C=O) groups excluding carboxylic acids is 1. The Labute approximate surface area is 203 Å². The van der Waals surface area contributed by atoms with Gasteiger partial charge in [0.1, 0.15) is 5.75 Å². The van der Waals surface area contributed by atoms with E-state index in [0.717, 1.165) is 11.6 Å². The number of aryl methyl sites for hydroxylation is 1. The molecule has 1 aliphatic heterocycles. The summed E-state index contributed by atoms with van der Waals surface area (Å²) in [6.07, 6.45) is 3.89. The van der Waals surface area contributed by atoms with Crippen molar-refractivity contribution in [3.05, 3.63) is 65.6 Å². The van der Waals surface area contributed by atoms with E-state index >= 15 is 0 Å². The van der Waals surface area contributed by atoms with Crippen LogP contribution in [0.1, 0.15) is 29.9 Å². The van der Waals surface area contributed by atoms with Crippen LogP contribution < -0.4 is 9.64 Å². The number of ether oxygens (including phenoxy) is 2. The fourth-order valence-corrected chi connectivity index (χ4v) is 4.02. The number of amides is 1. The van der Waals surface area contributed by atoms with Crippen LogP contribution in [0.2, 0.25) is 0 Å². The predicted molar refractivity (Wildman–Crippen MR) is 129 cm³/mol. The average Bonchev–Trinajstić information content (AvgIpc) is 3.32. The Bertz CT molecular complexity index is 1230. The third-order valence-electron chi connectivity index (χ3n) is 5.83. The first kappa shape index (κ1) is 24.2. The van der Waals surface area contributed by atoms with Gasteiger partial charge in [-0.1, -0.05) is 18.2 Å². The Balaban J connectivity index is 1.68. The molecule has 1 N–H and O–H groups in total. The van der Waals surface area contributed by atoms with Crippen molar-refractivity contribution in [1.82, 2.24) is 10.2 Å². The van der Waals surface area contributed by atoms with Gasteiger partial charge in [0.25, 0.3) is 0 Å². The van der Waals surface area contributed by atoms with Gasteiger partial charge in [-0.25, -0.2) is 4.79 Å². The van der Waals surface area contributed by atoms with Gasteiger partial charge in [-0.05, 0) is 48.7 Å². The molecule has 9 nitrogen and oxygen atoms in total. The van der Waals surface area contributed by atoms with Crippen LogP contribution in [-0.4, -0.2) is 47.5 Å². The number of carboxylic acid groups (broad SMARTS) is 1. The van der Waals surface area contributed by atoms with Gasteiger partial charge in [0, 0.05) is 48.9 Å². The van der Waals surface area contributed by atoms with E-state index in [0.29, 0.717) is 60.4 Å². The van der Waals surface area contributed by atoms with E-state index in [-0.39, 0.29) is 18.4 Å². The van der Waals surface area contributed by atoms with Gasteiger partial charge in [0.05, 0.1) is 13.7 Å². The Morgan fingerprint density at radius 2 is 1.97 bits per heavy atom. The summed E-state index contributed by atoms with van der Waals surface area (Å²) in [7, 11) is 1.57. The number of aromatic nitrogens is 2. The smallest absolute Gasteiger partial charge is 0.328 e. The maximum absolute atomic E-state index is 13.7. The number of hydrogen-bond donors (Lipinski definition) is 1. The molecule has 1 amide bonds. The first-order valence-corrected chi connectivity index (χ1v) is 11.3. The molecule has 0 bridgehead atoms. The molecule has 0 spiro atoms. The standard InChI is InChI=1S/C26H27N3O6/c1-17-27-28-25(35-17)20-7-8-21(23(15-20)33-2)16-29(26(32)19-10-12-34-13-11-19)22-5-3-4-18(14-22)6-9-24(30)31/h3-9,14-15,19H,10-13,16H2,1-2H3,(H,30,31)/b9-6+. The third-order valence-corrected chi connectivity index (χ3v) is 5.83. The van der Waals surface area contributed by atoms with Crippen molar-refractivity contribution in [2.45, 2.75) is 26.3 Å². The van der Waals surface area contributed by atoms with E-state index in [4.69, 9.17) is 19.0 Å². The predicted octanol–water partition coefficient (Wildman–Crippen LogP) is 4.11. The van der Waals surface area contributed by atoms with Gasteiger partial charge >= 0.3 is 5.97 Å². The van der Waals surface area contributed by atoms with Gasteiger partial charge in [-0.3, -0.25) is 4.79 Å². The summed E-state index contributed by atoms with van der Waals surface area (Å²) in [5, 5.41) is 16.9. The maximum atomic E-state index is 13.7. The SMILES string of the molecule is COc1cc(-c2nnc(C)o2)ccc1CN(C(=O)C1CCOCC1)c1cccc(/C=C/C(=O)O)c1. The molecule has 9 heteroatoms. The van der Waals surface area contributed by atoms with Gasteiger partial charge in [-0.2, -0.15) is 0 Å². The molecule has 35 heavy (non-hydrogen) atoms. The van der Waals surface area contributed by atoms with Crippen LogP contribution in [0.25, 0.3) is 17.5 Å². The molecule has 2 heterocycles. The molecule has 1 fully saturated rings. The summed E-state index contributed by atoms with van der Waals surface area (Å²) in [6, 6.07) is 12.8. The van der Waals surface area contributed by atoms with Crippen molar-refractivity contribution < 1.29 is 28.6 Å². The summed E-state index contributed by atoms with van der Waals surface area (Å²) in [5.74, 6) is 0.241. The molecule has 182 valence electrons. The van der Waals surface area contributed by atoms with E-state index in [9.17, 15) is 9.59 Å². The minimum absolute atomic E-state index is 0.00804. The van der Waals surface area contributed by atoms with Crippen molar-refractivity contribution in [2.75, 3.05) is 25.2 Å². The number of nitrogens with zero attached hydrogens (tertiary/aromatic N) is 3. The lowest BCUT2D eigenvalue weighted by Gasteiger charge is -2.30. The summed E-state index contributed by atoms with van der Waals surface area (Å²) < 4.78 is 16.6. The summed E-state index contributed by atoms with van der Waals surface area (Å²) in [6.45, 7) is 3.09. The maximum Gasteiger partial charge on any atom is 0.328 e. The Morgan fingerprint density at radius 3 is 2.66 bits per heavy atom. The molecule has 4 rings (SSSR count). The molecular formula is C26H27N3O6. The zero-order valence-corrected chi connectivity index (χ0v) is 19.6. The summed E-state index contributed by atoms with van der Waals surface area (Å²) in [4.78, 5) is 26.3. The minimum atomic E-state index is -1.04. The minimum Gasteiger partial charge on any atom is -0.496 e. The fraction of sp³-hybridized carbons (Fsp3) is 0.308. The fourth-order valence-electron chi connectivity index (χ4n) is 4.02. The first-order valence-electron chi connectivity index (χ1n) is 11.3. The molecule has 0 aliphatic carbocycles. The van der Waals surface area contributed by atoms with E-state index in [1.165, 1.54) is 6.08 Å². The number of benzene rings is 2. The Kier molecular flexibility index (Phi) is 7.57. The van der Waals surface area contributed by atoms with Gasteiger partial charge < -0.3 is 23.9 Å². The highest BCUT2D eigenvalue weighted by molar-refractivity contribution is 5.95. The molecule has 1 aromatic heterocycles. The number of rotatable bonds is 8. The number of hydrogen-bond acceptors (Lipinski definition) is 7. The Morgan fingerprint density at radius 1 is 1.17 bits per heavy atom. The first-order chi connectivity index (χ1) is 16.9. The second-order valence-corrected chi connectivity index (χ2v) is 8.23. The number of aliphatic carboxylic acids is 1. The lowest BCUT2D eigenvalue weighted by molar-refractivity contribution is -0.131. The molecule has 0 atom stereocenters. The second kappa shape index (κ2) is 11.0. The van der Waals surface area contributed by atoms with Crippen LogP contribution >= 0.6 is 0 Å². The lowest BCUT2D eigenvalue weighted by atomic mass is 9.97. The number of anilines is 1. The van der Waals surface area contributed by atoms with Crippen molar-refractivity contribution in [2.24, 2.45) is 5.92 Å². The largest absolute Gasteiger partial charge is 0.496 e. The number of carbonyl (C=O) groups is 2. The van der Waals surface area contributed by atoms with Crippen LogP contribution in [0.15, 0.2) is 53.0 Å². The highest BCUT2D eigenvalue weighted by Gasteiger charge is 2.28. The van der Waals surface area contributed by atoms with E-state index in [1.54, 1.807) is 37.1 Å². The Hall–Kier alpha value is -3.98. The third kappa shape index (κ3) is 5.93. The van der Waals surface area contributed by atoms with E-state index < -0.39 is 5.97 Å². The van der Waals surface area contributed by atoms with Crippen molar-refractivity contribution in [1.29, 1.82) is 0 Å². The number of methoxy groups -OCH3 is 1. The van der Waals surface area contributed by atoms with Gasteiger partial charge in [0.2, 0.25) is 17.7 Å². The van der Waals surface area contributed by atoms with Crippen molar-refractivity contribution in [3.8, 4) is 17.2 Å². The average molecular weight is 478 g/mol. The van der Waals surface area contributed by atoms with E-state index in [2.05, 4.69) is 10.2 Å². The zero-order valence-electron chi connectivity index (χ0n) is 19.6. The number of carboxylic acids is 1. The highest BCUT2D eigenvalue weighted by Crippen LogP contribution is 2.31. The lowest BCUT2D eigenvalue weighted by Crippen LogP contribution is -2.38. The molecule has 3 aromatic rings. The van der Waals surface area contributed by atoms with Gasteiger partial charge in [0.15, 0.2) is 0 Å². The van der Waals surface area contributed by atoms with Crippen LogP contribution in [0.3, 0.4) is 0 Å². The molecular weight excluding hydrogens is 450 g/mol. The monoisotopic (exact) mass is 477 g/mol. The van der Waals surface area contributed by atoms with Crippen LogP contribution in [0, 0.1) is 12.8 Å². The van der Waals surface area contributed by atoms with Crippen molar-refractivity contribution in [3.63, 3.8) is 0 Å². The van der Waals surface area contributed by atoms with Gasteiger partial charge in [-0.15, -0.1) is 10.2 Å². The summed E-state index contributed by atoms with van der Waals surface area (Å²) >= 11 is 0. The van der Waals surface area contributed by atoms with Crippen LogP contribution in [0.5, 0.6) is 5.75 Å². The second-order valence-electron chi connectivity index (χ2n) is 8.23. The van der Waals surface area contributed by atoms with E-state index in [1.807, 2.05) is 24.3 Å². The molecule has 1 saturated heterocycles. The quantitative estimate of drug-likeness (QED) is 0.482. The molecule has 0 saturated carbocycles. The molecule has 2 aromatic carbocycles. The molecule has 0 radical (unpaired) electrons. The van der Waals surface area contributed by atoms with Crippen molar-refractivity contribution >= 4 is 23.6 Å².